The number of carboxylic acids is 1. The molecule has 2 N–H and O–H groups in total. The number of hydrogen-bond donors (Lipinski definition) is 2. The van der Waals surface area contributed by atoms with Crippen LogP contribution < -0.4 is 10.1 Å². The Morgan fingerprint density at radius 3 is 2.62 bits per heavy atom. The zero-order chi connectivity index (χ0) is 15.6. The Labute approximate surface area is 132 Å². The monoisotopic (exact) mass is 405 g/mol. The molecule has 0 radical (unpaired) electrons. The average Bonchev–Trinajstić information content (AvgIpc) is 2.45. The Morgan fingerprint density at radius 2 is 2.00 bits per heavy atom. The number of carbonyl (C=O) groups is 1. The fraction of sp³-hybridized carbons (Fsp3) is 0.0714. The van der Waals surface area contributed by atoms with Crippen molar-refractivity contribution in [2.75, 3.05) is 12.4 Å². The first-order valence-electron chi connectivity index (χ1n) is 5.76. The van der Waals surface area contributed by atoms with Crippen LogP contribution in [0.1, 0.15) is 10.4 Å². The van der Waals surface area contributed by atoms with Crippen LogP contribution in [0.4, 0.5) is 20.2 Å². The quantitative estimate of drug-likeness (QED) is 0.755. The Hall–Kier alpha value is -1.90. The van der Waals surface area contributed by atoms with E-state index in [-0.39, 0.29) is 5.56 Å². The minimum Gasteiger partial charge on any atom is -0.495 e. The first-order valence-corrected chi connectivity index (χ1v) is 6.83. The van der Waals surface area contributed by atoms with Crippen LogP contribution in [0.5, 0.6) is 5.75 Å². The lowest BCUT2D eigenvalue weighted by Gasteiger charge is -2.14. The van der Waals surface area contributed by atoms with Gasteiger partial charge in [0.2, 0.25) is 0 Å². The number of halogens is 3. The van der Waals surface area contributed by atoms with Crippen LogP contribution in [-0.2, 0) is 0 Å². The van der Waals surface area contributed by atoms with Crippen LogP contribution in [0, 0.1) is 15.2 Å². The molecule has 0 atom stereocenters. The van der Waals surface area contributed by atoms with E-state index in [0.717, 1.165) is 15.7 Å². The lowest BCUT2D eigenvalue weighted by atomic mass is 10.1. The van der Waals surface area contributed by atoms with Gasteiger partial charge in [-0.1, -0.05) is 0 Å². The van der Waals surface area contributed by atoms with E-state index in [2.05, 4.69) is 27.9 Å². The molecule has 0 amide bonds. The zero-order valence-electron chi connectivity index (χ0n) is 10.8. The first-order chi connectivity index (χ1) is 9.93. The maximum Gasteiger partial charge on any atom is 0.337 e. The van der Waals surface area contributed by atoms with Crippen molar-refractivity contribution in [3.05, 3.63) is 51.1 Å². The fourth-order valence-electron chi connectivity index (χ4n) is 1.75. The van der Waals surface area contributed by atoms with Crippen LogP contribution in [0.2, 0.25) is 0 Å². The molecule has 0 aromatic heterocycles. The Kier molecular flexibility index (Phi) is 4.61. The highest BCUT2D eigenvalue weighted by molar-refractivity contribution is 14.1. The number of rotatable bonds is 4. The predicted octanol–water partition coefficient (Wildman–Crippen LogP) is 4.02. The topological polar surface area (TPSA) is 58.6 Å². The van der Waals surface area contributed by atoms with Gasteiger partial charge in [0.1, 0.15) is 5.75 Å². The van der Waals surface area contributed by atoms with Gasteiger partial charge < -0.3 is 15.2 Å². The fourth-order valence-corrected chi connectivity index (χ4v) is 2.22. The molecule has 0 unspecified atom stereocenters. The molecular weight excluding hydrogens is 395 g/mol. The highest BCUT2D eigenvalue weighted by Gasteiger charge is 2.19. The van der Waals surface area contributed by atoms with Gasteiger partial charge in [0.05, 0.1) is 24.0 Å². The summed E-state index contributed by atoms with van der Waals surface area (Å²) in [5.41, 5.74) is -0.471. The summed E-state index contributed by atoms with van der Waals surface area (Å²) in [6.07, 6.45) is 0. The van der Waals surface area contributed by atoms with Crippen molar-refractivity contribution in [1.82, 2.24) is 0 Å². The Morgan fingerprint density at radius 1 is 1.29 bits per heavy atom. The number of carboxylic acid groups (broad SMARTS) is 1. The molecule has 2 rings (SSSR count). The second-order valence-electron chi connectivity index (χ2n) is 4.06. The number of anilines is 2. The molecule has 0 aliphatic rings. The predicted molar refractivity (Wildman–Crippen MR) is 82.3 cm³/mol. The molecule has 0 aliphatic carbocycles. The van der Waals surface area contributed by atoms with E-state index in [1.54, 1.807) is 18.2 Å². The highest BCUT2D eigenvalue weighted by Crippen LogP contribution is 2.32. The number of aromatic carboxylic acids is 1. The normalized spacial score (nSPS) is 10.3. The molecule has 0 heterocycles. The number of ether oxygens (including phenoxy) is 1. The number of hydrogen-bond acceptors (Lipinski definition) is 3. The van der Waals surface area contributed by atoms with E-state index in [1.165, 1.54) is 7.11 Å². The lowest BCUT2D eigenvalue weighted by molar-refractivity contribution is 0.0697. The van der Waals surface area contributed by atoms with Gasteiger partial charge in [-0.25, -0.2) is 13.6 Å². The van der Waals surface area contributed by atoms with Crippen molar-refractivity contribution in [3.8, 4) is 5.75 Å². The molecule has 2 aromatic rings. The van der Waals surface area contributed by atoms with Crippen molar-refractivity contribution >= 4 is 39.9 Å². The third-order valence-corrected chi connectivity index (χ3v) is 3.42. The average molecular weight is 405 g/mol. The SMILES string of the molecule is COc1cc(I)ccc1Nc1c(C(=O)O)ccc(F)c1F. The van der Waals surface area contributed by atoms with Crippen LogP contribution in [0.25, 0.3) is 0 Å². The molecule has 21 heavy (non-hydrogen) atoms. The van der Waals surface area contributed by atoms with Gasteiger partial charge in [0.25, 0.3) is 0 Å². The van der Waals surface area contributed by atoms with Crippen LogP contribution in [0.15, 0.2) is 30.3 Å². The molecule has 0 aliphatic heterocycles. The summed E-state index contributed by atoms with van der Waals surface area (Å²) in [6, 6.07) is 6.78. The van der Waals surface area contributed by atoms with Gasteiger partial charge in [0, 0.05) is 3.57 Å². The van der Waals surface area contributed by atoms with Gasteiger partial charge in [-0.3, -0.25) is 0 Å². The summed E-state index contributed by atoms with van der Waals surface area (Å²) < 4.78 is 33.2. The molecule has 0 fully saturated rings. The standard InChI is InChI=1S/C14H10F2INO3/c1-21-11-6-7(17)2-5-10(11)18-13-8(14(19)20)3-4-9(15)12(13)16/h2-6,18H,1H3,(H,19,20). The number of benzene rings is 2. The Bertz CT molecular complexity index is 707. The molecule has 110 valence electrons. The molecule has 0 spiro atoms. The zero-order valence-corrected chi connectivity index (χ0v) is 12.9. The van der Waals surface area contributed by atoms with Gasteiger partial charge in [-0.2, -0.15) is 0 Å². The Balaban J connectivity index is 2.53. The van der Waals surface area contributed by atoms with E-state index in [0.29, 0.717) is 11.4 Å². The van der Waals surface area contributed by atoms with Crippen LogP contribution in [-0.4, -0.2) is 18.2 Å². The molecular formula is C14H10F2INO3. The largest absolute Gasteiger partial charge is 0.495 e. The van der Waals surface area contributed by atoms with Crippen molar-refractivity contribution in [2.45, 2.75) is 0 Å². The number of methoxy groups -OCH3 is 1. The summed E-state index contributed by atoms with van der Waals surface area (Å²) in [6.45, 7) is 0. The van der Waals surface area contributed by atoms with Gasteiger partial charge in [-0.15, -0.1) is 0 Å². The van der Waals surface area contributed by atoms with Gasteiger partial charge in [0.15, 0.2) is 11.6 Å². The van der Waals surface area contributed by atoms with Crippen molar-refractivity contribution in [2.24, 2.45) is 0 Å². The second kappa shape index (κ2) is 6.25. The first kappa shape index (κ1) is 15.5. The smallest absolute Gasteiger partial charge is 0.337 e. The third-order valence-electron chi connectivity index (χ3n) is 2.75. The molecule has 0 saturated carbocycles. The summed E-state index contributed by atoms with van der Waals surface area (Å²) in [5.74, 6) is -3.36. The van der Waals surface area contributed by atoms with Gasteiger partial charge >= 0.3 is 5.97 Å². The van der Waals surface area contributed by atoms with Crippen molar-refractivity contribution in [1.29, 1.82) is 0 Å². The molecule has 4 nitrogen and oxygen atoms in total. The second-order valence-corrected chi connectivity index (χ2v) is 5.30. The maximum atomic E-state index is 13.9. The lowest BCUT2D eigenvalue weighted by Crippen LogP contribution is -2.07. The van der Waals surface area contributed by atoms with E-state index >= 15 is 0 Å². The van der Waals surface area contributed by atoms with E-state index in [9.17, 15) is 13.6 Å². The summed E-state index contributed by atoms with van der Waals surface area (Å²) in [4.78, 5) is 11.1. The van der Waals surface area contributed by atoms with Crippen molar-refractivity contribution in [3.63, 3.8) is 0 Å². The highest BCUT2D eigenvalue weighted by atomic mass is 127. The number of nitrogens with one attached hydrogen (secondary N) is 1. The van der Waals surface area contributed by atoms with E-state index < -0.39 is 23.3 Å². The summed E-state index contributed by atoms with van der Waals surface area (Å²) in [5, 5.41) is 11.7. The summed E-state index contributed by atoms with van der Waals surface area (Å²) >= 11 is 2.07. The minimum absolute atomic E-state index is 0.338. The molecule has 7 heteroatoms. The maximum absolute atomic E-state index is 13.9. The van der Waals surface area contributed by atoms with Gasteiger partial charge in [-0.05, 0) is 52.9 Å². The molecule has 0 bridgehead atoms. The van der Waals surface area contributed by atoms with E-state index in [4.69, 9.17) is 9.84 Å². The van der Waals surface area contributed by atoms with E-state index in [1.807, 2.05) is 0 Å². The van der Waals surface area contributed by atoms with Crippen LogP contribution >= 0.6 is 22.6 Å². The molecule has 0 saturated heterocycles. The molecule has 2 aromatic carbocycles. The van der Waals surface area contributed by atoms with Crippen LogP contribution in [0.3, 0.4) is 0 Å². The van der Waals surface area contributed by atoms with Crippen molar-refractivity contribution < 1.29 is 23.4 Å². The summed E-state index contributed by atoms with van der Waals surface area (Å²) in [7, 11) is 1.43. The minimum atomic E-state index is -1.36. The third kappa shape index (κ3) is 3.23.